The SMILES string of the molecule is CCCCCN(CCCCC)CC(C)NC(=O)C(C)n1nc(C(F)(F)F)c(Br)c1C1CC1. The summed E-state index contributed by atoms with van der Waals surface area (Å²) in [5.41, 5.74) is -0.474. The van der Waals surface area contributed by atoms with Crippen LogP contribution in [0.15, 0.2) is 4.47 Å². The number of carbonyl (C=O) groups excluding carboxylic acids is 1. The highest BCUT2D eigenvalue weighted by atomic mass is 79.9. The molecule has 0 spiro atoms. The van der Waals surface area contributed by atoms with Gasteiger partial charge in [-0.25, -0.2) is 0 Å². The smallest absolute Gasteiger partial charge is 0.351 e. The van der Waals surface area contributed by atoms with Crippen molar-refractivity contribution in [3.63, 3.8) is 0 Å². The maximum absolute atomic E-state index is 13.4. The van der Waals surface area contributed by atoms with Crippen molar-refractivity contribution in [2.75, 3.05) is 19.6 Å². The monoisotopic (exact) mass is 522 g/mol. The first-order valence-electron chi connectivity index (χ1n) is 12.0. The molecule has 9 heteroatoms. The molecule has 0 saturated heterocycles. The molecule has 0 bridgehead atoms. The van der Waals surface area contributed by atoms with E-state index in [4.69, 9.17) is 0 Å². The van der Waals surface area contributed by atoms with Gasteiger partial charge < -0.3 is 10.2 Å². The second-order valence-electron chi connectivity index (χ2n) is 9.06. The average molecular weight is 523 g/mol. The van der Waals surface area contributed by atoms with Crippen LogP contribution in [0.4, 0.5) is 13.2 Å². The fourth-order valence-corrected chi connectivity index (χ4v) is 4.81. The molecule has 1 aromatic heterocycles. The summed E-state index contributed by atoms with van der Waals surface area (Å²) in [6.07, 6.45) is 4.02. The van der Waals surface area contributed by atoms with Crippen molar-refractivity contribution in [3.05, 3.63) is 15.9 Å². The third-order valence-corrected chi connectivity index (χ3v) is 6.72. The Morgan fingerprint density at radius 3 is 2.19 bits per heavy atom. The topological polar surface area (TPSA) is 50.2 Å². The van der Waals surface area contributed by atoms with Gasteiger partial charge in [-0.2, -0.15) is 18.3 Å². The Balaban J connectivity index is 2.04. The van der Waals surface area contributed by atoms with E-state index in [-0.39, 0.29) is 22.3 Å². The van der Waals surface area contributed by atoms with Gasteiger partial charge in [-0.05, 0) is 68.6 Å². The van der Waals surface area contributed by atoms with Gasteiger partial charge in [0.2, 0.25) is 5.91 Å². The molecule has 1 fully saturated rings. The minimum absolute atomic E-state index is 0.0215. The van der Waals surface area contributed by atoms with Gasteiger partial charge in [0.15, 0.2) is 5.69 Å². The summed E-state index contributed by atoms with van der Waals surface area (Å²) in [7, 11) is 0. The highest BCUT2D eigenvalue weighted by Crippen LogP contribution is 2.47. The Morgan fingerprint density at radius 2 is 1.72 bits per heavy atom. The van der Waals surface area contributed by atoms with E-state index in [0.717, 1.165) is 58.2 Å². The van der Waals surface area contributed by atoms with Crippen LogP contribution in [0.3, 0.4) is 0 Å². The molecule has 0 radical (unpaired) electrons. The number of nitrogens with zero attached hydrogens (tertiary/aromatic N) is 3. The molecule has 5 nitrogen and oxygen atoms in total. The Morgan fingerprint density at radius 1 is 1.16 bits per heavy atom. The average Bonchev–Trinajstić information content (AvgIpc) is 3.48. The summed E-state index contributed by atoms with van der Waals surface area (Å²) in [6, 6.07) is -0.909. The third-order valence-electron chi connectivity index (χ3n) is 5.94. The van der Waals surface area contributed by atoms with E-state index in [0.29, 0.717) is 5.69 Å². The van der Waals surface area contributed by atoms with Crippen LogP contribution in [0.1, 0.15) is 102 Å². The molecule has 1 N–H and O–H groups in total. The number of unbranched alkanes of at least 4 members (excludes halogenated alkanes) is 4. The first-order valence-corrected chi connectivity index (χ1v) is 12.8. The summed E-state index contributed by atoms with van der Waals surface area (Å²) >= 11 is 3.10. The molecule has 1 aliphatic carbocycles. The molecule has 184 valence electrons. The molecule has 2 rings (SSSR count). The molecule has 0 aromatic carbocycles. The lowest BCUT2D eigenvalue weighted by Crippen LogP contribution is -2.45. The van der Waals surface area contributed by atoms with Crippen molar-refractivity contribution >= 4 is 21.8 Å². The summed E-state index contributed by atoms with van der Waals surface area (Å²) in [6.45, 7) is 10.7. The predicted molar refractivity (Wildman–Crippen MR) is 125 cm³/mol. The Labute approximate surface area is 198 Å². The van der Waals surface area contributed by atoms with Crippen LogP contribution >= 0.6 is 15.9 Å². The first kappa shape index (κ1) is 27.2. The number of hydrogen-bond donors (Lipinski definition) is 1. The van der Waals surface area contributed by atoms with Crippen LogP contribution in [-0.2, 0) is 11.0 Å². The maximum atomic E-state index is 13.4. The normalized spacial score (nSPS) is 16.4. The molecule has 0 aliphatic heterocycles. The van der Waals surface area contributed by atoms with E-state index in [9.17, 15) is 18.0 Å². The highest BCUT2D eigenvalue weighted by molar-refractivity contribution is 9.10. The summed E-state index contributed by atoms with van der Waals surface area (Å²) < 4.78 is 41.4. The van der Waals surface area contributed by atoms with Gasteiger partial charge >= 0.3 is 6.18 Å². The Bertz CT molecular complexity index is 724. The molecule has 2 unspecified atom stereocenters. The molecular weight excluding hydrogens is 485 g/mol. The fraction of sp³-hybridized carbons (Fsp3) is 0.826. The molecule has 1 heterocycles. The number of amides is 1. The van der Waals surface area contributed by atoms with Crippen LogP contribution in [0.25, 0.3) is 0 Å². The zero-order valence-electron chi connectivity index (χ0n) is 19.8. The van der Waals surface area contributed by atoms with Gasteiger partial charge in [0, 0.05) is 18.5 Å². The fourth-order valence-electron chi connectivity index (χ4n) is 4.00. The van der Waals surface area contributed by atoms with E-state index in [1.807, 2.05) is 6.92 Å². The minimum atomic E-state index is -4.56. The lowest BCUT2D eigenvalue weighted by Gasteiger charge is -2.27. The number of hydrogen-bond acceptors (Lipinski definition) is 3. The minimum Gasteiger partial charge on any atom is -0.351 e. The van der Waals surface area contributed by atoms with Crippen molar-refractivity contribution in [1.82, 2.24) is 20.0 Å². The van der Waals surface area contributed by atoms with Crippen molar-refractivity contribution in [2.45, 2.75) is 103 Å². The number of aromatic nitrogens is 2. The molecular formula is C23H38BrF3N4O. The molecule has 2 atom stereocenters. The van der Waals surface area contributed by atoms with Crippen LogP contribution in [0.5, 0.6) is 0 Å². The van der Waals surface area contributed by atoms with Gasteiger partial charge in [-0.3, -0.25) is 9.48 Å². The highest BCUT2D eigenvalue weighted by Gasteiger charge is 2.43. The number of rotatable bonds is 14. The zero-order chi connectivity index (χ0) is 23.9. The largest absolute Gasteiger partial charge is 0.436 e. The van der Waals surface area contributed by atoms with Crippen LogP contribution in [-0.4, -0.2) is 46.3 Å². The van der Waals surface area contributed by atoms with Gasteiger partial charge in [0.25, 0.3) is 0 Å². The summed E-state index contributed by atoms with van der Waals surface area (Å²) in [4.78, 5) is 15.3. The van der Waals surface area contributed by atoms with Crippen molar-refractivity contribution in [3.8, 4) is 0 Å². The lowest BCUT2D eigenvalue weighted by atomic mass is 10.2. The summed E-state index contributed by atoms with van der Waals surface area (Å²) in [5.74, 6) is -0.279. The molecule has 1 aromatic rings. The number of nitrogens with one attached hydrogen (secondary N) is 1. The maximum Gasteiger partial charge on any atom is 0.436 e. The quantitative estimate of drug-likeness (QED) is 0.292. The molecule has 1 amide bonds. The van der Waals surface area contributed by atoms with E-state index in [2.05, 4.69) is 45.1 Å². The number of alkyl halides is 3. The van der Waals surface area contributed by atoms with Crippen LogP contribution in [0, 0.1) is 0 Å². The van der Waals surface area contributed by atoms with Crippen molar-refractivity contribution in [2.24, 2.45) is 0 Å². The Hall–Kier alpha value is -1.09. The van der Waals surface area contributed by atoms with E-state index < -0.39 is 17.9 Å². The molecule has 32 heavy (non-hydrogen) atoms. The van der Waals surface area contributed by atoms with Crippen molar-refractivity contribution in [1.29, 1.82) is 0 Å². The predicted octanol–water partition coefficient (Wildman–Crippen LogP) is 6.29. The standard InChI is InChI=1S/C23H38BrF3N4O/c1-5-7-9-13-30(14-10-8-6-2)15-16(3)28-22(32)17(4)31-20(18-11-12-18)19(24)21(29-31)23(25,26)27/h16-18H,5-15H2,1-4H3,(H,28,32). The second-order valence-corrected chi connectivity index (χ2v) is 9.86. The number of carbonyl (C=O) groups is 1. The van der Waals surface area contributed by atoms with E-state index >= 15 is 0 Å². The third kappa shape index (κ3) is 7.75. The molecule has 1 saturated carbocycles. The lowest BCUT2D eigenvalue weighted by molar-refractivity contribution is -0.142. The van der Waals surface area contributed by atoms with Crippen LogP contribution < -0.4 is 5.32 Å². The van der Waals surface area contributed by atoms with E-state index in [1.165, 1.54) is 17.5 Å². The zero-order valence-corrected chi connectivity index (χ0v) is 21.4. The van der Waals surface area contributed by atoms with E-state index in [1.54, 1.807) is 6.92 Å². The van der Waals surface area contributed by atoms with Crippen molar-refractivity contribution < 1.29 is 18.0 Å². The van der Waals surface area contributed by atoms with Gasteiger partial charge in [-0.15, -0.1) is 0 Å². The Kier molecular flexibility index (Phi) is 10.5. The second kappa shape index (κ2) is 12.4. The van der Waals surface area contributed by atoms with Gasteiger partial charge in [-0.1, -0.05) is 39.5 Å². The first-order chi connectivity index (χ1) is 15.1. The number of halogens is 4. The van der Waals surface area contributed by atoms with Crippen LogP contribution in [0.2, 0.25) is 0 Å². The summed E-state index contributed by atoms with van der Waals surface area (Å²) in [5, 5.41) is 6.81. The van der Waals surface area contributed by atoms with Gasteiger partial charge in [0.1, 0.15) is 6.04 Å². The van der Waals surface area contributed by atoms with Gasteiger partial charge in [0.05, 0.1) is 10.2 Å². The molecule has 1 aliphatic rings.